The van der Waals surface area contributed by atoms with Crippen molar-refractivity contribution < 1.29 is 154 Å². The first-order valence-electron chi connectivity index (χ1n) is 22.0. The second-order valence-corrected chi connectivity index (χ2v) is 22.4. The Kier molecular flexibility index (Phi) is 22.6. The number of benzene rings is 3. The molecule has 0 spiro atoms. The average molecular weight is 1060 g/mol. The van der Waals surface area contributed by atoms with Crippen LogP contribution in [0.4, 0.5) is 28.9 Å². The number of nitrogens with zero attached hydrogens (tertiary/aromatic N) is 2. The van der Waals surface area contributed by atoms with Crippen LogP contribution in [-0.2, 0) is 41.2 Å². The van der Waals surface area contributed by atoms with Crippen LogP contribution in [0.25, 0.3) is 5.57 Å². The molecule has 0 fully saturated rings. The number of hydrogen-bond donors (Lipinski definition) is 0. The van der Waals surface area contributed by atoms with E-state index in [1.807, 2.05) is 30.6 Å². The number of allylic oxidation sites excluding steroid dienone is 8. The first-order chi connectivity index (χ1) is 31.3. The maximum atomic E-state index is 16.6. The smallest absolute Gasteiger partial charge is 0.748 e. The summed E-state index contributed by atoms with van der Waals surface area (Å²) in [6, 6.07) is 12.3. The van der Waals surface area contributed by atoms with E-state index >= 15 is 17.6 Å². The van der Waals surface area contributed by atoms with Crippen molar-refractivity contribution in [3.05, 3.63) is 124 Å². The molecule has 0 N–H and O–H groups in total. The summed E-state index contributed by atoms with van der Waals surface area (Å²) in [5.41, 5.74) is 1.62. The van der Waals surface area contributed by atoms with Crippen molar-refractivity contribution >= 4 is 53.0 Å². The normalized spacial score (nSPS) is 17.7. The van der Waals surface area contributed by atoms with Gasteiger partial charge in [-0.05, 0) is 91.5 Å². The van der Waals surface area contributed by atoms with Gasteiger partial charge < -0.3 is 23.3 Å². The van der Waals surface area contributed by atoms with Gasteiger partial charge in [-0.1, -0.05) is 58.8 Å². The molecule has 0 aromatic heterocycles. The number of fused-ring (bicyclic) bond motifs is 2. The summed E-state index contributed by atoms with van der Waals surface area (Å²) < 4.78 is 177. The number of unbranched alkanes of at least 4 members (excludes halogenated alkanes) is 3. The maximum Gasteiger partial charge on any atom is 1.00 e. The quantitative estimate of drug-likeness (QED) is 0.0299. The maximum absolute atomic E-state index is 16.6. The first-order valence-corrected chi connectivity index (χ1v) is 26.6. The van der Waals surface area contributed by atoms with Crippen molar-refractivity contribution in [2.75, 3.05) is 36.1 Å². The van der Waals surface area contributed by atoms with Crippen LogP contribution in [0, 0.1) is 29.3 Å². The van der Waals surface area contributed by atoms with Crippen LogP contribution < -0.4 is 98.3 Å². The monoisotopic (exact) mass is 1060 g/mol. The molecule has 0 atom stereocenters. The first kappa shape index (κ1) is 62.6. The fourth-order valence-corrected chi connectivity index (χ4v) is 10.8. The fourth-order valence-electron chi connectivity index (χ4n) is 9.17. The summed E-state index contributed by atoms with van der Waals surface area (Å²) in [7, 11) is -13.9. The molecule has 3 aromatic rings. The van der Waals surface area contributed by atoms with Gasteiger partial charge in [-0.15, -0.1) is 6.07 Å². The Morgan fingerprint density at radius 2 is 1.40 bits per heavy atom. The second-order valence-electron chi connectivity index (χ2n) is 17.9. The largest absolute Gasteiger partial charge is 1.00 e. The Bertz CT molecular complexity index is 2930. The average Bonchev–Trinajstić information content (AvgIpc) is 3.59. The van der Waals surface area contributed by atoms with Gasteiger partial charge in [0.1, 0.15) is 22.4 Å². The van der Waals surface area contributed by atoms with E-state index in [2.05, 4.69) is 6.07 Å². The summed E-state index contributed by atoms with van der Waals surface area (Å²) in [6.07, 6.45) is 8.98. The molecule has 12 nitrogen and oxygen atoms in total. The van der Waals surface area contributed by atoms with Gasteiger partial charge in [0.05, 0.1) is 37.3 Å². The van der Waals surface area contributed by atoms with Gasteiger partial charge in [0.2, 0.25) is 11.6 Å². The molecule has 0 saturated carbocycles. The van der Waals surface area contributed by atoms with E-state index in [0.717, 1.165) is 17.3 Å². The SMILES string of the molecule is CCCCOc1c(F)c(F)c(C2=C(/C=C/C3=[N+](CCCCS(=O)(=O)[O-])c4cc[c-]cc4C3(C)C)CCC/C2=C\C=C2\N(CCCCS(=O)(=O)[O-])c3ccc(S(=O)(=O)[O-])cc3C2(C)C)c(F)c1F.[Na+].[Na+].[Na+]. The van der Waals surface area contributed by atoms with E-state index in [-0.39, 0.29) is 145 Å². The van der Waals surface area contributed by atoms with Gasteiger partial charge in [-0.25, -0.2) is 38.6 Å². The van der Waals surface area contributed by atoms with Crippen LogP contribution in [0.1, 0.15) is 109 Å². The minimum atomic E-state index is -4.89. The van der Waals surface area contributed by atoms with Crippen LogP contribution in [0.2, 0.25) is 0 Å². The molecule has 22 heteroatoms. The number of rotatable bonds is 19. The predicted octanol–water partition coefficient (Wildman–Crippen LogP) is -0.0328. The molecule has 0 bridgehead atoms. The molecular formula is C48H53F4N2Na3O10S3. The van der Waals surface area contributed by atoms with Gasteiger partial charge >= 0.3 is 88.7 Å². The Morgan fingerprint density at radius 3 is 2.00 bits per heavy atom. The third-order valence-electron chi connectivity index (χ3n) is 12.6. The molecule has 6 rings (SSSR count). The van der Waals surface area contributed by atoms with Crippen molar-refractivity contribution in [1.29, 1.82) is 0 Å². The van der Waals surface area contributed by atoms with Gasteiger partial charge in [0.15, 0.2) is 23.1 Å². The third-order valence-corrected chi connectivity index (χ3v) is 15.0. The fraction of sp³-hybridized carbons (Fsp3) is 0.438. The Labute approximate surface area is 475 Å². The minimum absolute atomic E-state index is 0. The zero-order chi connectivity index (χ0) is 49.3. The standard InChI is InChI=1S/C48H56F4N2O10S3.3Na/c1-6-7-27-64-46-44(51)42(49)41(43(50)45(46)52)40-31(19-23-38-47(2,3)34-17-8-9-18-36(34)53(38)25-10-12-28-65(55,56)57)15-14-16-32(40)20-24-39-48(4,5)35-30-33(67(61,62)63)21-22-37(35)54(39)26-11-13-29-66(58,59)60;;;/h9,17-24,30H,6-7,10-16,25-29H2,1-5H3,(H,55,56,57)(H,58,59,60)(H,61,62,63);;;/q;3*+1/p-3. The van der Waals surface area contributed by atoms with Crippen molar-refractivity contribution in [2.45, 2.75) is 108 Å². The molecule has 1 aliphatic carbocycles. The minimum Gasteiger partial charge on any atom is -0.748 e. The molecule has 0 radical (unpaired) electrons. The molecule has 0 amide bonds. The van der Waals surface area contributed by atoms with Gasteiger partial charge in [-0.3, -0.25) is 0 Å². The molecule has 2 aliphatic heterocycles. The van der Waals surface area contributed by atoms with E-state index < -0.39 is 92.2 Å². The molecule has 0 unspecified atom stereocenters. The predicted molar refractivity (Wildman–Crippen MR) is 243 cm³/mol. The van der Waals surface area contributed by atoms with Crippen LogP contribution in [0.15, 0.2) is 82.4 Å². The van der Waals surface area contributed by atoms with E-state index in [0.29, 0.717) is 60.5 Å². The molecule has 3 aliphatic rings. The van der Waals surface area contributed by atoms with E-state index in [4.69, 9.17) is 4.74 Å². The van der Waals surface area contributed by atoms with Crippen molar-refractivity contribution in [3.63, 3.8) is 0 Å². The van der Waals surface area contributed by atoms with Crippen LogP contribution in [-0.4, -0.2) is 80.4 Å². The summed E-state index contributed by atoms with van der Waals surface area (Å²) in [6.45, 7) is 9.48. The zero-order valence-corrected chi connectivity index (χ0v) is 49.3. The van der Waals surface area contributed by atoms with E-state index in [9.17, 15) is 38.9 Å². The van der Waals surface area contributed by atoms with Gasteiger partial charge in [0.25, 0.3) is 0 Å². The van der Waals surface area contributed by atoms with Crippen LogP contribution in [0.5, 0.6) is 5.75 Å². The number of ether oxygens (including phenoxy) is 1. The Hall–Kier alpha value is -1.66. The molecule has 0 saturated heterocycles. The molecule has 3 aromatic carbocycles. The topological polar surface area (TPSA) is 187 Å². The van der Waals surface area contributed by atoms with E-state index in [1.165, 1.54) is 12.1 Å². The van der Waals surface area contributed by atoms with Crippen LogP contribution in [0.3, 0.4) is 0 Å². The Morgan fingerprint density at radius 1 is 0.771 bits per heavy atom. The summed E-state index contributed by atoms with van der Waals surface area (Å²) in [4.78, 5) is 1.29. The van der Waals surface area contributed by atoms with Gasteiger partial charge in [0, 0.05) is 52.8 Å². The number of anilines is 1. The van der Waals surface area contributed by atoms with Crippen molar-refractivity contribution in [1.82, 2.24) is 0 Å². The molecule has 2 heterocycles. The zero-order valence-electron chi connectivity index (χ0n) is 40.9. The Balaban J connectivity index is 0.00000432. The number of hydrogen-bond acceptors (Lipinski definition) is 11. The summed E-state index contributed by atoms with van der Waals surface area (Å²) in [5, 5.41) is 0. The summed E-state index contributed by atoms with van der Waals surface area (Å²) in [5.74, 6) is -9.13. The third kappa shape index (κ3) is 14.2. The second kappa shape index (κ2) is 25.2. The number of halogens is 4. The van der Waals surface area contributed by atoms with Crippen molar-refractivity contribution in [2.24, 2.45) is 0 Å². The summed E-state index contributed by atoms with van der Waals surface area (Å²) >= 11 is 0. The molecule has 70 heavy (non-hydrogen) atoms. The van der Waals surface area contributed by atoms with Crippen molar-refractivity contribution in [3.8, 4) is 5.75 Å². The van der Waals surface area contributed by atoms with Crippen LogP contribution >= 0.6 is 0 Å². The van der Waals surface area contributed by atoms with E-state index in [1.54, 1.807) is 56.0 Å². The molecular weight excluding hydrogens is 1010 g/mol. The molecule has 364 valence electrons. The van der Waals surface area contributed by atoms with Gasteiger partial charge in [-0.2, -0.15) is 27.0 Å².